The van der Waals surface area contributed by atoms with E-state index < -0.39 is 11.9 Å². The van der Waals surface area contributed by atoms with Gasteiger partial charge in [0.05, 0.1) is 23.1 Å². The van der Waals surface area contributed by atoms with Crippen LogP contribution in [0.3, 0.4) is 0 Å². The van der Waals surface area contributed by atoms with Gasteiger partial charge in [-0.1, -0.05) is 48.8 Å². The molecule has 2 amide bonds. The molecule has 0 bridgehead atoms. The van der Waals surface area contributed by atoms with Gasteiger partial charge in [0.2, 0.25) is 5.91 Å². The van der Waals surface area contributed by atoms with E-state index in [9.17, 15) is 14.4 Å². The number of para-hydroxylation sites is 1. The minimum absolute atomic E-state index is 0.192. The second kappa shape index (κ2) is 12.2. The minimum atomic E-state index is -0.587. The zero-order chi connectivity index (χ0) is 29.6. The molecule has 0 saturated heterocycles. The molecule has 0 saturated carbocycles. The molecule has 0 radical (unpaired) electrons. The second-order valence-electron chi connectivity index (χ2n) is 9.58. The summed E-state index contributed by atoms with van der Waals surface area (Å²) in [5.41, 5.74) is 8.42. The number of H-pyrrole nitrogens is 1. The number of benzene rings is 2. The van der Waals surface area contributed by atoms with Gasteiger partial charge in [-0.3, -0.25) is 29.7 Å². The average molecular weight is 558 g/mol. The molecule has 5 aromatic rings. The predicted molar refractivity (Wildman–Crippen MR) is 163 cm³/mol. The first kappa shape index (κ1) is 27.8. The molecule has 1 atom stereocenters. The quantitative estimate of drug-likeness (QED) is 0.160. The number of hydrogen-bond donors (Lipinski definition) is 3. The normalized spacial score (nSPS) is 11.4. The van der Waals surface area contributed by atoms with Crippen molar-refractivity contribution in [1.82, 2.24) is 20.2 Å². The largest absolute Gasteiger partial charge is 0.352 e. The van der Waals surface area contributed by atoms with E-state index in [0.717, 1.165) is 5.39 Å². The zero-order valence-electron chi connectivity index (χ0n) is 23.0. The summed E-state index contributed by atoms with van der Waals surface area (Å²) in [7, 11) is 0. The molecule has 3 heterocycles. The minimum Gasteiger partial charge on any atom is -0.352 e. The number of nitrogen functional groups attached to an aromatic ring is 1. The monoisotopic (exact) mass is 557 g/mol. The van der Waals surface area contributed by atoms with Gasteiger partial charge in [-0.25, -0.2) is 4.98 Å². The number of pyridine rings is 3. The van der Waals surface area contributed by atoms with E-state index in [2.05, 4.69) is 39.0 Å². The Morgan fingerprint density at radius 3 is 2.69 bits per heavy atom. The average Bonchev–Trinajstić information content (AvgIpc) is 3.00. The molecule has 0 aliphatic heterocycles. The number of fused-ring (bicyclic) bond motifs is 2. The second-order valence-corrected chi connectivity index (χ2v) is 9.58. The Morgan fingerprint density at radius 2 is 1.90 bits per heavy atom. The summed E-state index contributed by atoms with van der Waals surface area (Å²) in [6.07, 6.45) is 4.92. The van der Waals surface area contributed by atoms with Gasteiger partial charge in [0.1, 0.15) is 0 Å². The van der Waals surface area contributed by atoms with E-state index in [0.29, 0.717) is 46.2 Å². The number of aromatic amines is 1. The summed E-state index contributed by atoms with van der Waals surface area (Å²) >= 11 is 0. The van der Waals surface area contributed by atoms with Crippen LogP contribution in [0.25, 0.3) is 27.4 Å². The molecule has 0 spiro atoms. The molecular formula is C33H29N6O3+. The fraction of sp³-hybridized carbons (Fsp3) is 0.121. The van der Waals surface area contributed by atoms with Crippen LogP contribution >= 0.6 is 0 Å². The molecule has 5 rings (SSSR count). The molecule has 1 unspecified atom stereocenters. The maximum atomic E-state index is 14.2. The highest BCUT2D eigenvalue weighted by Gasteiger charge is 2.24. The van der Waals surface area contributed by atoms with E-state index in [1.807, 2.05) is 61.5 Å². The maximum absolute atomic E-state index is 14.2. The number of aromatic nitrogens is 3. The highest BCUT2D eigenvalue weighted by molar-refractivity contribution is 6.08. The van der Waals surface area contributed by atoms with E-state index in [1.165, 1.54) is 6.08 Å². The Balaban J connectivity index is 1.57. The molecule has 5 N–H and O–H groups in total. The summed E-state index contributed by atoms with van der Waals surface area (Å²) in [6, 6.07) is 19.6. The lowest BCUT2D eigenvalue weighted by molar-refractivity contribution is -0.358. The van der Waals surface area contributed by atoms with Gasteiger partial charge in [0.15, 0.2) is 5.56 Å². The third kappa shape index (κ3) is 5.60. The van der Waals surface area contributed by atoms with E-state index in [1.54, 1.807) is 29.1 Å². The van der Waals surface area contributed by atoms with Crippen molar-refractivity contribution >= 4 is 39.3 Å². The number of hydrogen-bond acceptors (Lipinski definition) is 5. The third-order valence-corrected chi connectivity index (χ3v) is 6.79. The van der Waals surface area contributed by atoms with Crippen molar-refractivity contribution in [1.29, 1.82) is 0 Å². The van der Waals surface area contributed by atoms with Crippen molar-refractivity contribution in [3.05, 3.63) is 119 Å². The number of anilines is 1. The van der Waals surface area contributed by atoms with Gasteiger partial charge in [-0.15, -0.1) is 0 Å². The smallest absolute Gasteiger partial charge is 0.285 e. The Bertz CT molecular complexity index is 1950. The highest BCUT2D eigenvalue weighted by Crippen LogP contribution is 2.24. The van der Waals surface area contributed by atoms with Crippen LogP contribution in [0.4, 0.5) is 5.82 Å². The topological polar surface area (TPSA) is 133 Å². The van der Waals surface area contributed by atoms with Gasteiger partial charge in [-0.2, -0.15) is 0 Å². The van der Waals surface area contributed by atoms with Crippen LogP contribution in [0.15, 0.2) is 96.6 Å². The molecule has 2 aromatic carbocycles. The van der Waals surface area contributed by atoms with Crippen LogP contribution in [0.2, 0.25) is 0 Å². The summed E-state index contributed by atoms with van der Waals surface area (Å²) in [4.78, 5) is 46.4. The van der Waals surface area contributed by atoms with Crippen molar-refractivity contribution in [2.24, 2.45) is 0 Å². The Hall–Kier alpha value is -5.75. The van der Waals surface area contributed by atoms with E-state index in [4.69, 9.17) is 5.73 Å². The van der Waals surface area contributed by atoms with Crippen LogP contribution in [-0.4, -0.2) is 27.9 Å². The summed E-state index contributed by atoms with van der Waals surface area (Å²) in [5, 5.41) is 7.60. The maximum Gasteiger partial charge on any atom is 0.285 e. The van der Waals surface area contributed by atoms with Gasteiger partial charge in [-0.05, 0) is 54.8 Å². The Kier molecular flexibility index (Phi) is 8.07. The first-order chi connectivity index (χ1) is 20.4. The van der Waals surface area contributed by atoms with Crippen molar-refractivity contribution < 1.29 is 14.6 Å². The number of nitrogens with two attached hydrogens (primary N) is 1. The van der Waals surface area contributed by atoms with Crippen LogP contribution in [0.1, 0.15) is 41.0 Å². The molecule has 208 valence electrons. The number of nitrogens with one attached hydrogen (secondary N) is 3. The predicted octanol–water partition coefficient (Wildman–Crippen LogP) is 3.47. The number of carbonyl (C=O) groups is 2. The first-order valence-electron chi connectivity index (χ1n) is 13.4. The summed E-state index contributed by atoms with van der Waals surface area (Å²) in [6.45, 7) is 5.62. The Labute approximate surface area is 242 Å². The summed E-state index contributed by atoms with van der Waals surface area (Å²) < 4.78 is 1.60. The molecule has 42 heavy (non-hydrogen) atoms. The van der Waals surface area contributed by atoms with Crippen molar-refractivity contribution in [2.75, 3.05) is 12.3 Å². The van der Waals surface area contributed by atoms with E-state index in [-0.39, 0.29) is 22.8 Å². The van der Waals surface area contributed by atoms with Gasteiger partial charge in [0.25, 0.3) is 17.3 Å². The molecule has 0 fully saturated rings. The van der Waals surface area contributed by atoms with Crippen LogP contribution in [0, 0.1) is 11.8 Å². The lowest BCUT2D eigenvalue weighted by Gasteiger charge is -2.21. The fourth-order valence-electron chi connectivity index (χ4n) is 4.80. The molecule has 0 aliphatic carbocycles. The Morgan fingerprint density at radius 1 is 1.12 bits per heavy atom. The SMILES string of the molecule is C=CC(=O)NCCC#Cc1cccc2cc(C(C)NC(=O)c3c(N)[nH+]cc4cccnc34)n(-c3ccccc3)c(=O)c12. The molecule has 9 nitrogen and oxygen atoms in total. The third-order valence-electron chi connectivity index (χ3n) is 6.79. The molecule has 9 heteroatoms. The summed E-state index contributed by atoms with van der Waals surface area (Å²) in [5.74, 6) is 5.63. The van der Waals surface area contributed by atoms with Gasteiger partial charge >= 0.3 is 0 Å². The number of carbonyl (C=O) groups excluding carboxylic acids is 2. The van der Waals surface area contributed by atoms with Crippen molar-refractivity contribution in [3.63, 3.8) is 0 Å². The lowest BCUT2D eigenvalue weighted by Crippen LogP contribution is -2.33. The lowest BCUT2D eigenvalue weighted by atomic mass is 10.0. The van der Waals surface area contributed by atoms with Gasteiger partial charge < -0.3 is 10.6 Å². The zero-order valence-corrected chi connectivity index (χ0v) is 23.0. The van der Waals surface area contributed by atoms with Crippen LogP contribution in [0.5, 0.6) is 0 Å². The number of nitrogens with zero attached hydrogens (tertiary/aromatic N) is 2. The van der Waals surface area contributed by atoms with Crippen molar-refractivity contribution in [3.8, 4) is 17.5 Å². The van der Waals surface area contributed by atoms with Gasteiger partial charge in [0, 0.05) is 41.5 Å². The molecule has 0 aliphatic rings. The number of amides is 2. The van der Waals surface area contributed by atoms with E-state index >= 15 is 0 Å². The molecular weight excluding hydrogens is 528 g/mol. The first-order valence-corrected chi connectivity index (χ1v) is 13.4. The fourth-order valence-corrected chi connectivity index (χ4v) is 4.80. The van der Waals surface area contributed by atoms with Crippen LogP contribution < -0.4 is 26.9 Å². The van der Waals surface area contributed by atoms with Crippen molar-refractivity contribution in [2.45, 2.75) is 19.4 Å². The highest BCUT2D eigenvalue weighted by atomic mass is 16.2. The van der Waals surface area contributed by atoms with Crippen LogP contribution in [-0.2, 0) is 4.79 Å². The standard InChI is InChI=1S/C33H28N6O3/c1-3-27(40)35-17-8-7-11-22-12-9-13-23-19-26(39(33(42)28(22)23)25-15-5-4-6-16-25)21(2)38-32(41)29-30-24(14-10-18-36-30)20-37-31(29)34/h3-6,9-10,12-16,18-21H,1,8,17H2,2H3,(H2,34,37)(H,35,40)(H,38,41)/p+1. The number of rotatable bonds is 7. The molecule has 3 aromatic heterocycles.